The van der Waals surface area contributed by atoms with E-state index in [9.17, 15) is 12.8 Å². The molecule has 24 heavy (non-hydrogen) atoms. The highest BCUT2D eigenvalue weighted by molar-refractivity contribution is 7.89. The van der Waals surface area contributed by atoms with Gasteiger partial charge in [0.05, 0.1) is 24.2 Å². The molecule has 5 nitrogen and oxygen atoms in total. The standard InChI is InChI=1S/C17H18FNO4S/c1-2-22-13-5-8-15-16(9-10-23-17(15)11-13)19-24(20,21)14-6-3-12(18)4-7-14/h3-8,11,16,19H,2,9-10H2,1H3. The van der Waals surface area contributed by atoms with E-state index >= 15 is 0 Å². The molecule has 0 radical (unpaired) electrons. The molecule has 3 rings (SSSR count). The number of hydrogen-bond acceptors (Lipinski definition) is 4. The summed E-state index contributed by atoms with van der Waals surface area (Å²) in [5.41, 5.74) is 0.760. The van der Waals surface area contributed by atoms with Gasteiger partial charge in [-0.05, 0) is 37.3 Å². The van der Waals surface area contributed by atoms with Gasteiger partial charge in [-0.1, -0.05) is 6.07 Å². The van der Waals surface area contributed by atoms with Crippen LogP contribution in [-0.2, 0) is 10.0 Å². The van der Waals surface area contributed by atoms with E-state index < -0.39 is 21.9 Å². The van der Waals surface area contributed by atoms with E-state index in [0.29, 0.717) is 31.1 Å². The van der Waals surface area contributed by atoms with Gasteiger partial charge in [-0.25, -0.2) is 17.5 Å². The molecule has 0 fully saturated rings. The molecule has 1 N–H and O–H groups in total. The predicted octanol–water partition coefficient (Wildman–Crippen LogP) is 3.03. The lowest BCUT2D eigenvalue weighted by Gasteiger charge is -2.27. The van der Waals surface area contributed by atoms with Crippen LogP contribution >= 0.6 is 0 Å². The van der Waals surface area contributed by atoms with Gasteiger partial charge in [-0.3, -0.25) is 0 Å². The van der Waals surface area contributed by atoms with Gasteiger partial charge < -0.3 is 9.47 Å². The predicted molar refractivity (Wildman–Crippen MR) is 87.2 cm³/mol. The molecule has 0 amide bonds. The number of fused-ring (bicyclic) bond motifs is 1. The average molecular weight is 351 g/mol. The zero-order valence-electron chi connectivity index (χ0n) is 13.2. The zero-order valence-corrected chi connectivity index (χ0v) is 14.0. The average Bonchev–Trinajstić information content (AvgIpc) is 2.55. The first-order valence-corrected chi connectivity index (χ1v) is 9.15. The van der Waals surface area contributed by atoms with Crippen LogP contribution in [0.1, 0.15) is 24.9 Å². The molecule has 1 heterocycles. The molecule has 1 atom stereocenters. The third-order valence-corrected chi connectivity index (χ3v) is 5.24. The number of ether oxygens (including phenoxy) is 2. The molecule has 0 aliphatic carbocycles. The maximum Gasteiger partial charge on any atom is 0.241 e. The Morgan fingerprint density at radius 3 is 2.71 bits per heavy atom. The minimum absolute atomic E-state index is 0.0304. The smallest absolute Gasteiger partial charge is 0.241 e. The normalized spacial score (nSPS) is 17.0. The van der Waals surface area contributed by atoms with Crippen molar-refractivity contribution >= 4 is 10.0 Å². The van der Waals surface area contributed by atoms with Crippen molar-refractivity contribution in [3.63, 3.8) is 0 Å². The van der Waals surface area contributed by atoms with E-state index in [-0.39, 0.29) is 4.90 Å². The van der Waals surface area contributed by atoms with Crippen LogP contribution in [0.3, 0.4) is 0 Å². The highest BCUT2D eigenvalue weighted by Crippen LogP contribution is 2.35. The van der Waals surface area contributed by atoms with Gasteiger partial charge in [-0.2, -0.15) is 0 Å². The molecule has 128 valence electrons. The lowest BCUT2D eigenvalue weighted by atomic mass is 10.0. The summed E-state index contributed by atoms with van der Waals surface area (Å²) in [4.78, 5) is 0.0304. The Labute approximate surface area is 140 Å². The van der Waals surface area contributed by atoms with Crippen molar-refractivity contribution in [1.82, 2.24) is 4.72 Å². The van der Waals surface area contributed by atoms with Crippen molar-refractivity contribution in [3.05, 3.63) is 53.8 Å². The second kappa shape index (κ2) is 6.78. The van der Waals surface area contributed by atoms with Crippen LogP contribution in [0.25, 0.3) is 0 Å². The highest BCUT2D eigenvalue weighted by Gasteiger charge is 2.27. The Morgan fingerprint density at radius 1 is 1.25 bits per heavy atom. The fourth-order valence-corrected chi connectivity index (χ4v) is 3.87. The van der Waals surface area contributed by atoms with Crippen LogP contribution in [0.2, 0.25) is 0 Å². The lowest BCUT2D eigenvalue weighted by Crippen LogP contribution is -2.32. The number of halogens is 1. The lowest BCUT2D eigenvalue weighted by molar-refractivity contribution is 0.260. The van der Waals surface area contributed by atoms with E-state index in [1.54, 1.807) is 18.2 Å². The first-order valence-electron chi connectivity index (χ1n) is 7.67. The van der Waals surface area contributed by atoms with Gasteiger partial charge >= 0.3 is 0 Å². The van der Waals surface area contributed by atoms with Crippen LogP contribution < -0.4 is 14.2 Å². The third kappa shape index (κ3) is 3.52. The van der Waals surface area contributed by atoms with Gasteiger partial charge in [-0.15, -0.1) is 0 Å². The molecule has 0 spiro atoms. The van der Waals surface area contributed by atoms with Gasteiger partial charge in [0.15, 0.2) is 0 Å². The zero-order chi connectivity index (χ0) is 17.2. The van der Waals surface area contributed by atoms with Crippen molar-refractivity contribution in [2.24, 2.45) is 0 Å². The van der Waals surface area contributed by atoms with Crippen LogP contribution in [0.4, 0.5) is 4.39 Å². The quantitative estimate of drug-likeness (QED) is 0.899. The van der Waals surface area contributed by atoms with E-state index in [4.69, 9.17) is 9.47 Å². The number of hydrogen-bond donors (Lipinski definition) is 1. The summed E-state index contributed by atoms with van der Waals surface area (Å²) in [6.45, 7) is 2.83. The van der Waals surface area contributed by atoms with Gasteiger partial charge in [0.1, 0.15) is 17.3 Å². The molecule has 2 aromatic carbocycles. The van der Waals surface area contributed by atoms with Gasteiger partial charge in [0.25, 0.3) is 0 Å². The van der Waals surface area contributed by atoms with E-state index in [1.807, 2.05) is 6.92 Å². The van der Waals surface area contributed by atoms with Crippen LogP contribution in [-0.4, -0.2) is 21.6 Å². The van der Waals surface area contributed by atoms with Crippen molar-refractivity contribution in [3.8, 4) is 11.5 Å². The Bertz CT molecular complexity index is 821. The van der Waals surface area contributed by atoms with E-state index in [0.717, 1.165) is 17.7 Å². The van der Waals surface area contributed by atoms with Crippen molar-refractivity contribution in [2.45, 2.75) is 24.3 Å². The first-order chi connectivity index (χ1) is 11.5. The SMILES string of the molecule is CCOc1ccc2c(c1)OCCC2NS(=O)(=O)c1ccc(F)cc1. The fraction of sp³-hybridized carbons (Fsp3) is 0.294. The molecule has 2 aromatic rings. The summed E-state index contributed by atoms with van der Waals surface area (Å²) in [6.07, 6.45) is 0.515. The summed E-state index contributed by atoms with van der Waals surface area (Å²) >= 11 is 0. The second-order valence-electron chi connectivity index (χ2n) is 5.40. The summed E-state index contributed by atoms with van der Waals surface area (Å²) in [6, 6.07) is 9.69. The molecule has 1 aliphatic rings. The third-order valence-electron chi connectivity index (χ3n) is 3.76. The summed E-state index contributed by atoms with van der Waals surface area (Å²) in [5.74, 6) is 0.811. The van der Waals surface area contributed by atoms with Crippen molar-refractivity contribution in [1.29, 1.82) is 0 Å². The molecular weight excluding hydrogens is 333 g/mol. The summed E-state index contributed by atoms with van der Waals surface area (Å²) in [7, 11) is -3.74. The molecule has 7 heteroatoms. The molecule has 1 unspecified atom stereocenters. The minimum atomic E-state index is -3.74. The van der Waals surface area contributed by atoms with E-state index in [2.05, 4.69) is 4.72 Å². The molecule has 0 bridgehead atoms. The van der Waals surface area contributed by atoms with Gasteiger partial charge in [0, 0.05) is 18.1 Å². The number of nitrogens with one attached hydrogen (secondary N) is 1. The summed E-state index contributed by atoms with van der Waals surface area (Å²) < 4.78 is 51.7. The summed E-state index contributed by atoms with van der Waals surface area (Å²) in [5, 5.41) is 0. The van der Waals surface area contributed by atoms with Crippen molar-refractivity contribution < 1.29 is 22.3 Å². The Kier molecular flexibility index (Phi) is 4.73. The Balaban J connectivity index is 1.85. The number of benzene rings is 2. The molecular formula is C17H18FNO4S. The van der Waals surface area contributed by atoms with Gasteiger partial charge in [0.2, 0.25) is 10.0 Å². The highest BCUT2D eigenvalue weighted by atomic mass is 32.2. The number of rotatable bonds is 5. The molecule has 0 saturated carbocycles. The maximum absolute atomic E-state index is 13.0. The maximum atomic E-state index is 13.0. The second-order valence-corrected chi connectivity index (χ2v) is 7.11. The Hall–Kier alpha value is -2.12. The number of sulfonamides is 1. The Morgan fingerprint density at radius 2 is 2.00 bits per heavy atom. The van der Waals surface area contributed by atoms with Crippen LogP contribution in [0.15, 0.2) is 47.4 Å². The molecule has 0 aromatic heterocycles. The van der Waals surface area contributed by atoms with Crippen LogP contribution in [0, 0.1) is 5.82 Å². The molecule has 1 aliphatic heterocycles. The largest absolute Gasteiger partial charge is 0.494 e. The van der Waals surface area contributed by atoms with Crippen LogP contribution in [0.5, 0.6) is 11.5 Å². The van der Waals surface area contributed by atoms with E-state index in [1.165, 1.54) is 12.1 Å². The topological polar surface area (TPSA) is 64.6 Å². The minimum Gasteiger partial charge on any atom is -0.494 e. The molecule has 0 saturated heterocycles. The fourth-order valence-electron chi connectivity index (χ4n) is 2.62. The monoisotopic (exact) mass is 351 g/mol. The van der Waals surface area contributed by atoms with Crippen molar-refractivity contribution in [2.75, 3.05) is 13.2 Å². The first kappa shape index (κ1) is 16.7.